The van der Waals surface area contributed by atoms with Gasteiger partial charge >= 0.3 is 0 Å². The molecule has 4 nitrogen and oxygen atoms in total. The van der Waals surface area contributed by atoms with Gasteiger partial charge in [0, 0.05) is 6.54 Å². The van der Waals surface area contributed by atoms with Crippen LogP contribution >= 0.6 is 0 Å². The Morgan fingerprint density at radius 1 is 1.09 bits per heavy atom. The summed E-state index contributed by atoms with van der Waals surface area (Å²) in [6.45, 7) is 3.92. The molecule has 1 fully saturated rings. The summed E-state index contributed by atoms with van der Waals surface area (Å²) in [5.74, 6) is 0.518. The normalized spacial score (nSPS) is 18.5. The van der Waals surface area contributed by atoms with Crippen molar-refractivity contribution in [2.75, 3.05) is 13.1 Å². The largest absolute Gasteiger partial charge is 0.508 e. The van der Waals surface area contributed by atoms with Crippen LogP contribution in [0.2, 0.25) is 0 Å². The maximum atomic E-state index is 12.6. The van der Waals surface area contributed by atoms with E-state index >= 15 is 0 Å². The highest BCUT2D eigenvalue weighted by Gasteiger charge is 2.22. The first-order valence-electron chi connectivity index (χ1n) is 7.34. The summed E-state index contributed by atoms with van der Waals surface area (Å²) >= 11 is 0. The first kappa shape index (κ1) is 15.1. The van der Waals surface area contributed by atoms with E-state index in [1.807, 2.05) is 13.0 Å². The molecule has 1 saturated heterocycles. The Balaban J connectivity index is 1.97. The molecule has 0 aliphatic carbocycles. The van der Waals surface area contributed by atoms with Crippen LogP contribution in [0.5, 0.6) is 5.75 Å². The fourth-order valence-electron chi connectivity index (χ4n) is 2.95. The van der Waals surface area contributed by atoms with Gasteiger partial charge in [0.25, 0.3) is 0 Å². The van der Waals surface area contributed by atoms with Crippen molar-refractivity contribution in [1.82, 2.24) is 5.32 Å². The number of aryl methyl sites for hydroxylation is 1. The SMILES string of the molecule is Cc1cc(S(=O)(=O)c2ccc(O)cc2)ccc1C1CCNC1. The molecule has 0 radical (unpaired) electrons. The third-order valence-corrected chi connectivity index (χ3v) is 5.97. The van der Waals surface area contributed by atoms with E-state index in [2.05, 4.69) is 5.32 Å². The van der Waals surface area contributed by atoms with Crippen LogP contribution in [0.25, 0.3) is 0 Å². The molecule has 116 valence electrons. The van der Waals surface area contributed by atoms with E-state index in [9.17, 15) is 13.5 Å². The zero-order valence-electron chi connectivity index (χ0n) is 12.4. The number of nitrogens with one attached hydrogen (secondary N) is 1. The van der Waals surface area contributed by atoms with E-state index in [0.717, 1.165) is 25.1 Å². The second kappa shape index (κ2) is 5.74. The molecule has 1 unspecified atom stereocenters. The van der Waals surface area contributed by atoms with Gasteiger partial charge in [-0.15, -0.1) is 0 Å². The highest BCUT2D eigenvalue weighted by atomic mass is 32.2. The van der Waals surface area contributed by atoms with Gasteiger partial charge in [0.1, 0.15) is 5.75 Å². The number of hydrogen-bond acceptors (Lipinski definition) is 4. The molecule has 0 bridgehead atoms. The third-order valence-electron chi connectivity index (χ3n) is 4.20. The van der Waals surface area contributed by atoms with Crippen LogP contribution in [0.4, 0.5) is 0 Å². The van der Waals surface area contributed by atoms with Crippen molar-refractivity contribution in [3.8, 4) is 5.75 Å². The predicted octanol–water partition coefficient (Wildman–Crippen LogP) is 2.61. The highest BCUT2D eigenvalue weighted by Crippen LogP contribution is 2.29. The molecule has 5 heteroatoms. The lowest BCUT2D eigenvalue weighted by atomic mass is 9.94. The molecule has 22 heavy (non-hydrogen) atoms. The van der Waals surface area contributed by atoms with Gasteiger partial charge in [-0.3, -0.25) is 0 Å². The lowest BCUT2D eigenvalue weighted by Crippen LogP contribution is -2.09. The molecule has 1 atom stereocenters. The summed E-state index contributed by atoms with van der Waals surface area (Å²) in [6, 6.07) is 11.0. The first-order chi connectivity index (χ1) is 10.5. The van der Waals surface area contributed by atoms with Gasteiger partial charge < -0.3 is 10.4 Å². The number of hydrogen-bond donors (Lipinski definition) is 2. The van der Waals surface area contributed by atoms with Gasteiger partial charge in [-0.25, -0.2) is 8.42 Å². The number of benzene rings is 2. The summed E-state index contributed by atoms with van der Waals surface area (Å²) in [6.07, 6.45) is 1.09. The van der Waals surface area contributed by atoms with Gasteiger partial charge in [-0.2, -0.15) is 0 Å². The maximum absolute atomic E-state index is 12.6. The molecule has 1 aliphatic heterocycles. The Morgan fingerprint density at radius 2 is 1.77 bits per heavy atom. The molecule has 0 saturated carbocycles. The highest BCUT2D eigenvalue weighted by molar-refractivity contribution is 7.91. The zero-order valence-corrected chi connectivity index (χ0v) is 13.2. The van der Waals surface area contributed by atoms with Gasteiger partial charge in [-0.1, -0.05) is 6.07 Å². The molecule has 1 heterocycles. The summed E-state index contributed by atoms with van der Waals surface area (Å²) < 4.78 is 25.3. The van der Waals surface area contributed by atoms with Crippen molar-refractivity contribution in [3.05, 3.63) is 53.6 Å². The van der Waals surface area contributed by atoms with E-state index in [1.54, 1.807) is 12.1 Å². The molecule has 2 aromatic rings. The minimum atomic E-state index is -3.55. The van der Waals surface area contributed by atoms with Crippen molar-refractivity contribution < 1.29 is 13.5 Å². The molecular weight excluding hydrogens is 298 g/mol. The van der Waals surface area contributed by atoms with Crippen LogP contribution in [0.3, 0.4) is 0 Å². The predicted molar refractivity (Wildman–Crippen MR) is 85.0 cm³/mol. The minimum Gasteiger partial charge on any atom is -0.508 e. The zero-order chi connectivity index (χ0) is 15.7. The Kier molecular flexibility index (Phi) is 3.93. The van der Waals surface area contributed by atoms with Gasteiger partial charge in [-0.05, 0) is 73.3 Å². The van der Waals surface area contributed by atoms with E-state index in [4.69, 9.17) is 0 Å². The van der Waals surface area contributed by atoms with Crippen molar-refractivity contribution >= 4 is 9.84 Å². The van der Waals surface area contributed by atoms with Gasteiger partial charge in [0.2, 0.25) is 9.84 Å². The van der Waals surface area contributed by atoms with Crippen LogP contribution in [0.15, 0.2) is 52.3 Å². The lowest BCUT2D eigenvalue weighted by Gasteiger charge is -2.14. The van der Waals surface area contributed by atoms with Crippen LogP contribution in [-0.2, 0) is 9.84 Å². The van der Waals surface area contributed by atoms with E-state index in [1.165, 1.54) is 29.8 Å². The van der Waals surface area contributed by atoms with Crippen molar-refractivity contribution in [1.29, 1.82) is 0 Å². The fourth-order valence-corrected chi connectivity index (χ4v) is 4.30. The van der Waals surface area contributed by atoms with Crippen molar-refractivity contribution in [3.63, 3.8) is 0 Å². The van der Waals surface area contributed by atoms with Crippen LogP contribution < -0.4 is 5.32 Å². The average molecular weight is 317 g/mol. The molecule has 0 amide bonds. The van der Waals surface area contributed by atoms with Crippen LogP contribution in [0, 0.1) is 6.92 Å². The van der Waals surface area contributed by atoms with Crippen molar-refractivity contribution in [2.24, 2.45) is 0 Å². The monoisotopic (exact) mass is 317 g/mol. The van der Waals surface area contributed by atoms with E-state index in [0.29, 0.717) is 10.8 Å². The second-order valence-electron chi connectivity index (χ2n) is 5.71. The van der Waals surface area contributed by atoms with Crippen LogP contribution in [0.1, 0.15) is 23.5 Å². The van der Waals surface area contributed by atoms with Crippen LogP contribution in [-0.4, -0.2) is 26.6 Å². The maximum Gasteiger partial charge on any atom is 0.206 e. The number of aromatic hydroxyl groups is 1. The molecule has 1 aliphatic rings. The lowest BCUT2D eigenvalue weighted by molar-refractivity contribution is 0.475. The van der Waals surface area contributed by atoms with Gasteiger partial charge in [0.15, 0.2) is 0 Å². The Bertz CT molecular complexity index is 776. The number of phenolic OH excluding ortho intramolecular Hbond substituents is 1. The summed E-state index contributed by atoms with van der Waals surface area (Å²) in [5, 5.41) is 12.6. The fraction of sp³-hybridized carbons (Fsp3) is 0.294. The molecule has 3 rings (SSSR count). The average Bonchev–Trinajstić information content (AvgIpc) is 3.01. The molecule has 2 N–H and O–H groups in total. The van der Waals surface area contributed by atoms with Gasteiger partial charge in [0.05, 0.1) is 9.79 Å². The van der Waals surface area contributed by atoms with E-state index < -0.39 is 9.84 Å². The summed E-state index contributed by atoms with van der Waals surface area (Å²) in [4.78, 5) is 0.491. The summed E-state index contributed by atoms with van der Waals surface area (Å²) in [7, 11) is -3.55. The Hall–Kier alpha value is -1.85. The standard InChI is InChI=1S/C17H19NO3S/c1-12-10-16(6-7-17(12)13-8-9-18-11-13)22(20,21)15-4-2-14(19)3-5-15/h2-7,10,13,18-19H,8-9,11H2,1H3. The Labute approximate surface area is 130 Å². The number of sulfone groups is 1. The first-order valence-corrected chi connectivity index (χ1v) is 8.82. The molecule has 2 aromatic carbocycles. The Morgan fingerprint density at radius 3 is 2.36 bits per heavy atom. The quantitative estimate of drug-likeness (QED) is 0.913. The molecule has 0 spiro atoms. The molecular formula is C17H19NO3S. The number of rotatable bonds is 3. The number of phenols is 1. The second-order valence-corrected chi connectivity index (χ2v) is 7.66. The van der Waals surface area contributed by atoms with E-state index in [-0.39, 0.29) is 10.6 Å². The summed E-state index contributed by atoms with van der Waals surface area (Å²) in [5.41, 5.74) is 2.23. The third kappa shape index (κ3) is 2.74. The topological polar surface area (TPSA) is 66.4 Å². The van der Waals surface area contributed by atoms with Crippen molar-refractivity contribution in [2.45, 2.75) is 29.1 Å². The molecule has 0 aromatic heterocycles. The minimum absolute atomic E-state index is 0.0548. The smallest absolute Gasteiger partial charge is 0.206 e.